The summed E-state index contributed by atoms with van der Waals surface area (Å²) in [4.78, 5) is 28.0. The SMILES string of the molecule is O=C(CSC1=NC2NNCC2C(=O)N1)Nc1ccc(F)cc1. The van der Waals surface area contributed by atoms with Crippen LogP contribution in [0.4, 0.5) is 10.1 Å². The summed E-state index contributed by atoms with van der Waals surface area (Å²) in [6, 6.07) is 5.51. The van der Waals surface area contributed by atoms with Gasteiger partial charge >= 0.3 is 0 Å². The molecule has 2 aliphatic rings. The molecule has 0 bridgehead atoms. The van der Waals surface area contributed by atoms with Crippen molar-refractivity contribution in [2.75, 3.05) is 17.6 Å². The Labute approximate surface area is 130 Å². The van der Waals surface area contributed by atoms with Gasteiger partial charge in [-0.1, -0.05) is 11.8 Å². The molecule has 9 heteroatoms. The lowest BCUT2D eigenvalue weighted by atomic mass is 10.1. The van der Waals surface area contributed by atoms with Crippen molar-refractivity contribution in [2.45, 2.75) is 6.17 Å². The van der Waals surface area contributed by atoms with E-state index in [1.165, 1.54) is 24.3 Å². The number of fused-ring (bicyclic) bond motifs is 1. The molecule has 7 nitrogen and oxygen atoms in total. The second-order valence-corrected chi connectivity index (χ2v) is 5.81. The van der Waals surface area contributed by atoms with Crippen molar-refractivity contribution >= 4 is 34.4 Å². The number of amides is 2. The fourth-order valence-corrected chi connectivity index (χ4v) is 2.84. The van der Waals surface area contributed by atoms with Crippen molar-refractivity contribution in [3.8, 4) is 0 Å². The molecule has 2 aliphatic heterocycles. The Balaban J connectivity index is 1.52. The number of hydrogen-bond acceptors (Lipinski definition) is 6. The number of benzene rings is 1. The van der Waals surface area contributed by atoms with E-state index >= 15 is 0 Å². The first-order chi connectivity index (χ1) is 10.6. The van der Waals surface area contributed by atoms with Crippen LogP contribution in [-0.4, -0.2) is 35.4 Å². The number of nitrogens with one attached hydrogen (secondary N) is 4. The zero-order valence-electron chi connectivity index (χ0n) is 11.4. The van der Waals surface area contributed by atoms with Crippen molar-refractivity contribution < 1.29 is 14.0 Å². The number of anilines is 1. The molecule has 4 N–H and O–H groups in total. The van der Waals surface area contributed by atoms with Gasteiger partial charge in [0, 0.05) is 12.2 Å². The number of hydrogen-bond donors (Lipinski definition) is 4. The normalized spacial score (nSPS) is 23.5. The van der Waals surface area contributed by atoms with Gasteiger partial charge in [-0.15, -0.1) is 0 Å². The number of nitrogens with zero attached hydrogens (tertiary/aromatic N) is 1. The van der Waals surface area contributed by atoms with Crippen LogP contribution in [-0.2, 0) is 9.59 Å². The molecule has 2 amide bonds. The minimum atomic E-state index is -0.362. The molecule has 2 heterocycles. The van der Waals surface area contributed by atoms with Crippen molar-refractivity contribution in [1.29, 1.82) is 0 Å². The molecule has 0 saturated carbocycles. The molecule has 1 fully saturated rings. The lowest BCUT2D eigenvalue weighted by Gasteiger charge is -2.21. The van der Waals surface area contributed by atoms with E-state index in [-0.39, 0.29) is 35.5 Å². The monoisotopic (exact) mass is 323 g/mol. The summed E-state index contributed by atoms with van der Waals surface area (Å²) < 4.78 is 12.8. The van der Waals surface area contributed by atoms with E-state index in [0.717, 1.165) is 11.8 Å². The molecule has 0 radical (unpaired) electrons. The zero-order valence-corrected chi connectivity index (χ0v) is 12.2. The maximum absolute atomic E-state index is 12.8. The van der Waals surface area contributed by atoms with E-state index in [0.29, 0.717) is 17.4 Å². The molecule has 3 rings (SSSR count). The van der Waals surface area contributed by atoms with E-state index in [9.17, 15) is 14.0 Å². The van der Waals surface area contributed by atoms with Crippen molar-refractivity contribution in [2.24, 2.45) is 10.9 Å². The van der Waals surface area contributed by atoms with Gasteiger partial charge in [0.05, 0.1) is 11.7 Å². The largest absolute Gasteiger partial charge is 0.325 e. The highest BCUT2D eigenvalue weighted by molar-refractivity contribution is 8.14. The van der Waals surface area contributed by atoms with Gasteiger partial charge in [0.15, 0.2) is 5.17 Å². The van der Waals surface area contributed by atoms with Crippen LogP contribution >= 0.6 is 11.8 Å². The number of amidine groups is 1. The Morgan fingerprint density at radius 3 is 2.95 bits per heavy atom. The molecule has 0 aromatic heterocycles. The molecular formula is C13H14FN5O2S. The highest BCUT2D eigenvalue weighted by atomic mass is 32.2. The van der Waals surface area contributed by atoms with Crippen molar-refractivity contribution in [3.05, 3.63) is 30.1 Å². The molecule has 0 aliphatic carbocycles. The van der Waals surface area contributed by atoms with E-state index in [1.807, 2.05) is 0 Å². The van der Waals surface area contributed by atoms with E-state index < -0.39 is 0 Å². The van der Waals surface area contributed by atoms with Crippen LogP contribution in [0.25, 0.3) is 0 Å². The van der Waals surface area contributed by atoms with Gasteiger partial charge in [0.2, 0.25) is 11.8 Å². The van der Waals surface area contributed by atoms with Crippen LogP contribution in [0.3, 0.4) is 0 Å². The van der Waals surface area contributed by atoms with Gasteiger partial charge in [0.1, 0.15) is 12.0 Å². The fourth-order valence-electron chi connectivity index (χ4n) is 2.14. The number of rotatable bonds is 3. The highest BCUT2D eigenvalue weighted by Crippen LogP contribution is 2.17. The Morgan fingerprint density at radius 1 is 1.41 bits per heavy atom. The van der Waals surface area contributed by atoms with Crippen LogP contribution < -0.4 is 21.5 Å². The third kappa shape index (κ3) is 3.43. The van der Waals surface area contributed by atoms with Crippen LogP contribution in [0.15, 0.2) is 29.3 Å². The molecule has 116 valence electrons. The fraction of sp³-hybridized carbons (Fsp3) is 0.308. The number of halogens is 1. The third-order valence-electron chi connectivity index (χ3n) is 3.24. The molecule has 1 saturated heterocycles. The maximum atomic E-state index is 12.8. The Bertz CT molecular complexity index is 621. The summed E-state index contributed by atoms with van der Waals surface area (Å²) in [5.41, 5.74) is 6.30. The van der Waals surface area contributed by atoms with E-state index in [2.05, 4.69) is 26.5 Å². The van der Waals surface area contributed by atoms with Gasteiger partial charge in [-0.25, -0.2) is 14.8 Å². The van der Waals surface area contributed by atoms with Crippen LogP contribution in [0, 0.1) is 11.7 Å². The summed E-state index contributed by atoms with van der Waals surface area (Å²) in [7, 11) is 0. The van der Waals surface area contributed by atoms with Gasteiger partial charge < -0.3 is 10.6 Å². The number of aliphatic imine (C=N–C) groups is 1. The Kier molecular flexibility index (Phi) is 4.36. The number of thioether (sulfide) groups is 1. The first-order valence-corrected chi connectivity index (χ1v) is 7.65. The quantitative estimate of drug-likeness (QED) is 0.630. The van der Waals surface area contributed by atoms with Crippen LogP contribution in [0.2, 0.25) is 0 Å². The topological polar surface area (TPSA) is 94.6 Å². The van der Waals surface area contributed by atoms with Crippen molar-refractivity contribution in [1.82, 2.24) is 16.2 Å². The molecule has 2 atom stereocenters. The van der Waals surface area contributed by atoms with Gasteiger partial charge in [-0.05, 0) is 24.3 Å². The standard InChI is InChI=1S/C13H14FN5O2S/c14-7-1-3-8(4-2-7)16-10(20)6-22-13-17-11-9(5-15-19-11)12(21)18-13/h1-4,9,11,15,19H,5-6H2,(H,16,20)(H,17,18,21). The van der Waals surface area contributed by atoms with Gasteiger partial charge in [-0.2, -0.15) is 0 Å². The van der Waals surface area contributed by atoms with Crippen molar-refractivity contribution in [3.63, 3.8) is 0 Å². The predicted octanol–water partition coefficient (Wildman–Crippen LogP) is 0.0333. The first kappa shape index (κ1) is 14.9. The molecule has 0 spiro atoms. The zero-order chi connectivity index (χ0) is 15.5. The average molecular weight is 323 g/mol. The van der Waals surface area contributed by atoms with Gasteiger partial charge in [-0.3, -0.25) is 15.0 Å². The summed E-state index contributed by atoms with van der Waals surface area (Å²) in [6.45, 7) is 0.531. The molecule has 2 unspecified atom stereocenters. The predicted molar refractivity (Wildman–Crippen MR) is 81.5 cm³/mol. The number of carbonyl (C=O) groups is 2. The first-order valence-electron chi connectivity index (χ1n) is 6.67. The second-order valence-electron chi connectivity index (χ2n) is 4.84. The molecule has 1 aromatic rings. The minimum absolute atomic E-state index is 0.0985. The average Bonchev–Trinajstić information content (AvgIpc) is 2.97. The summed E-state index contributed by atoms with van der Waals surface area (Å²) in [5, 5.41) is 5.74. The summed E-state index contributed by atoms with van der Waals surface area (Å²) in [6.07, 6.45) is -0.295. The Hall–Kier alpha value is -1.97. The highest BCUT2D eigenvalue weighted by Gasteiger charge is 2.36. The number of hydrazine groups is 1. The third-order valence-corrected chi connectivity index (χ3v) is 4.13. The van der Waals surface area contributed by atoms with Crippen LogP contribution in [0.1, 0.15) is 0 Å². The van der Waals surface area contributed by atoms with E-state index in [4.69, 9.17) is 0 Å². The number of carbonyl (C=O) groups excluding carboxylic acids is 2. The Morgan fingerprint density at radius 2 is 2.18 bits per heavy atom. The lowest BCUT2D eigenvalue weighted by Crippen LogP contribution is -2.46. The van der Waals surface area contributed by atoms with E-state index in [1.54, 1.807) is 0 Å². The molecule has 1 aromatic carbocycles. The molecular weight excluding hydrogens is 309 g/mol. The minimum Gasteiger partial charge on any atom is -0.325 e. The van der Waals surface area contributed by atoms with Crippen LogP contribution in [0.5, 0.6) is 0 Å². The lowest BCUT2D eigenvalue weighted by molar-refractivity contribution is -0.123. The second kappa shape index (κ2) is 6.42. The maximum Gasteiger partial charge on any atom is 0.234 e. The smallest absolute Gasteiger partial charge is 0.234 e. The summed E-state index contributed by atoms with van der Waals surface area (Å²) >= 11 is 1.14. The summed E-state index contributed by atoms with van der Waals surface area (Å²) in [5.74, 6) is -0.857. The molecule has 22 heavy (non-hydrogen) atoms. The van der Waals surface area contributed by atoms with Gasteiger partial charge in [0.25, 0.3) is 0 Å².